The number of allylic oxidation sites excluding steroid dienone is 1. The Morgan fingerprint density at radius 3 is 2.12 bits per heavy atom. The first-order valence-electron chi connectivity index (χ1n) is 9.32. The highest BCUT2D eigenvalue weighted by molar-refractivity contribution is 7.89. The van der Waals surface area contributed by atoms with Crippen molar-refractivity contribution >= 4 is 33.1 Å². The average molecular weight is 467 g/mol. The van der Waals surface area contributed by atoms with Crippen LogP contribution in [0.25, 0.3) is 0 Å². The molecule has 1 aliphatic heterocycles. The Kier molecular flexibility index (Phi) is 5.69. The molecule has 1 unspecified atom stereocenters. The molecule has 1 atom stereocenters. The van der Waals surface area contributed by atoms with E-state index in [1.165, 1.54) is 35.9 Å². The van der Waals surface area contributed by atoms with Crippen LogP contribution in [0, 0.1) is 6.92 Å². The second kappa shape index (κ2) is 7.75. The summed E-state index contributed by atoms with van der Waals surface area (Å²) in [7, 11) is -4.90. The molecule has 7 nitrogen and oxygen atoms in total. The Labute approximate surface area is 182 Å². The molecule has 0 saturated carbocycles. The second-order valence-electron chi connectivity index (χ2n) is 7.37. The summed E-state index contributed by atoms with van der Waals surface area (Å²) >= 11 is 0. The number of hydrogen-bond acceptors (Lipinski definition) is 5. The highest BCUT2D eigenvalue weighted by Gasteiger charge is 2.70. The van der Waals surface area contributed by atoms with Crippen LogP contribution in [0.3, 0.4) is 0 Å². The van der Waals surface area contributed by atoms with E-state index in [-0.39, 0.29) is 17.1 Å². The maximum atomic E-state index is 14.6. The minimum Gasteiger partial charge on any atom is -0.399 e. The zero-order valence-electron chi connectivity index (χ0n) is 17.3. The van der Waals surface area contributed by atoms with Crippen molar-refractivity contribution in [1.82, 2.24) is 4.72 Å². The number of nitrogens with two attached hydrogens (primary N) is 1. The third-order valence-corrected chi connectivity index (χ3v) is 6.68. The fourth-order valence-electron chi connectivity index (χ4n) is 3.76. The molecule has 170 valence electrons. The molecule has 1 amide bonds. The van der Waals surface area contributed by atoms with Gasteiger partial charge in [0.05, 0.1) is 16.2 Å². The number of hydrogen-bond donors (Lipinski definition) is 2. The first-order chi connectivity index (χ1) is 14.7. The maximum absolute atomic E-state index is 14.6. The first kappa shape index (κ1) is 23.5. The summed E-state index contributed by atoms with van der Waals surface area (Å²) < 4.78 is 71.1. The van der Waals surface area contributed by atoms with Crippen LogP contribution in [0.5, 0.6) is 0 Å². The number of halogens is 3. The molecular formula is C21H20F3N3O4S. The van der Waals surface area contributed by atoms with Crippen LogP contribution < -0.4 is 15.4 Å². The number of nitrogens with zero attached hydrogens (tertiary/aromatic N) is 1. The van der Waals surface area contributed by atoms with Crippen molar-refractivity contribution in [3.05, 3.63) is 65.4 Å². The molecule has 0 spiro atoms. The van der Waals surface area contributed by atoms with Crippen LogP contribution in [0.4, 0.5) is 24.5 Å². The summed E-state index contributed by atoms with van der Waals surface area (Å²) in [5.74, 6) is -2.73. The topological polar surface area (TPSA) is 110 Å². The van der Waals surface area contributed by atoms with Crippen LogP contribution in [0.15, 0.2) is 64.7 Å². The predicted octanol–water partition coefficient (Wildman–Crippen LogP) is 3.07. The zero-order chi connectivity index (χ0) is 24.1. The fourth-order valence-corrected chi connectivity index (χ4v) is 5.08. The lowest BCUT2D eigenvalue weighted by Crippen LogP contribution is -2.66. The van der Waals surface area contributed by atoms with E-state index in [0.717, 1.165) is 24.0 Å². The minimum atomic E-state index is -5.47. The molecule has 0 fully saturated rings. The molecule has 1 aliphatic rings. The molecule has 0 aromatic heterocycles. The Bertz CT molecular complexity index is 1240. The lowest BCUT2D eigenvalue weighted by molar-refractivity contribution is -0.183. The van der Waals surface area contributed by atoms with Gasteiger partial charge in [-0.1, -0.05) is 18.2 Å². The minimum absolute atomic E-state index is 0.103. The highest BCUT2D eigenvalue weighted by atomic mass is 32.2. The van der Waals surface area contributed by atoms with E-state index in [0.29, 0.717) is 5.56 Å². The van der Waals surface area contributed by atoms with Crippen LogP contribution in [0.1, 0.15) is 19.4 Å². The van der Waals surface area contributed by atoms with Gasteiger partial charge in [0, 0.05) is 11.4 Å². The third kappa shape index (κ3) is 3.56. The quantitative estimate of drug-likeness (QED) is 0.657. The van der Waals surface area contributed by atoms with Gasteiger partial charge in [-0.3, -0.25) is 14.5 Å². The van der Waals surface area contributed by atoms with Gasteiger partial charge in [0.15, 0.2) is 5.78 Å². The summed E-state index contributed by atoms with van der Waals surface area (Å²) in [5, 5.41) is 0. The first-order valence-corrected chi connectivity index (χ1v) is 10.8. The SMILES string of the molecule is CC(=O)C1=C(C)N(c2ccccc2C)C(=O)C1(NS(=O)(=O)c1ccc(N)cc1)C(F)(F)F. The van der Waals surface area contributed by atoms with Gasteiger partial charge in [-0.2, -0.15) is 17.9 Å². The van der Waals surface area contributed by atoms with E-state index in [1.54, 1.807) is 19.1 Å². The van der Waals surface area contributed by atoms with Crippen molar-refractivity contribution in [1.29, 1.82) is 0 Å². The third-order valence-electron chi connectivity index (χ3n) is 5.21. The van der Waals surface area contributed by atoms with Gasteiger partial charge in [0.2, 0.25) is 15.6 Å². The lowest BCUT2D eigenvalue weighted by Gasteiger charge is -2.33. The Morgan fingerprint density at radius 1 is 1.06 bits per heavy atom. The number of alkyl halides is 3. The number of benzene rings is 2. The zero-order valence-corrected chi connectivity index (χ0v) is 18.1. The van der Waals surface area contributed by atoms with Gasteiger partial charge in [-0.15, -0.1) is 0 Å². The van der Waals surface area contributed by atoms with Gasteiger partial charge in [0.25, 0.3) is 5.91 Å². The van der Waals surface area contributed by atoms with Crippen molar-refractivity contribution in [2.45, 2.75) is 37.4 Å². The highest BCUT2D eigenvalue weighted by Crippen LogP contribution is 2.47. The molecule has 32 heavy (non-hydrogen) atoms. The lowest BCUT2D eigenvalue weighted by atomic mass is 9.88. The van der Waals surface area contributed by atoms with Crippen LogP contribution in [-0.2, 0) is 19.6 Å². The number of carbonyl (C=O) groups excluding carboxylic acids is 2. The number of Topliss-reactive ketones (excluding diaryl/α,β-unsaturated/α-hetero) is 1. The normalized spacial score (nSPS) is 19.6. The van der Waals surface area contributed by atoms with E-state index < -0.39 is 43.9 Å². The van der Waals surface area contributed by atoms with Gasteiger partial charge < -0.3 is 5.73 Å². The number of sulfonamides is 1. The molecule has 0 bridgehead atoms. The molecule has 3 N–H and O–H groups in total. The van der Waals surface area contributed by atoms with Gasteiger partial charge in [-0.25, -0.2) is 8.42 Å². The number of nitrogen functional groups attached to an aromatic ring is 1. The number of ketones is 1. The van der Waals surface area contributed by atoms with Gasteiger partial charge in [0.1, 0.15) is 0 Å². The van der Waals surface area contributed by atoms with Crippen molar-refractivity contribution in [2.24, 2.45) is 0 Å². The van der Waals surface area contributed by atoms with E-state index in [2.05, 4.69) is 0 Å². The van der Waals surface area contributed by atoms with Gasteiger partial charge in [-0.05, 0) is 56.7 Å². The van der Waals surface area contributed by atoms with Gasteiger partial charge >= 0.3 is 6.18 Å². The molecule has 1 heterocycles. The summed E-state index contributed by atoms with van der Waals surface area (Å²) in [6, 6.07) is 10.5. The summed E-state index contributed by atoms with van der Waals surface area (Å²) in [4.78, 5) is 26.0. The van der Waals surface area contributed by atoms with E-state index in [9.17, 15) is 31.2 Å². The smallest absolute Gasteiger partial charge is 0.399 e. The summed E-state index contributed by atoms with van der Waals surface area (Å²) in [6.45, 7) is 3.60. The number of carbonyl (C=O) groups is 2. The summed E-state index contributed by atoms with van der Waals surface area (Å²) in [5.41, 5.74) is 1.18. The molecule has 0 aliphatic carbocycles. The molecule has 0 radical (unpaired) electrons. The van der Waals surface area contributed by atoms with Crippen molar-refractivity contribution in [3.63, 3.8) is 0 Å². The van der Waals surface area contributed by atoms with E-state index in [4.69, 9.17) is 5.73 Å². The van der Waals surface area contributed by atoms with Crippen LogP contribution in [0.2, 0.25) is 0 Å². The van der Waals surface area contributed by atoms with Crippen molar-refractivity contribution < 1.29 is 31.2 Å². The Morgan fingerprint density at radius 2 is 1.62 bits per heavy atom. The molecule has 11 heteroatoms. The van der Waals surface area contributed by atoms with Crippen molar-refractivity contribution in [3.8, 4) is 0 Å². The van der Waals surface area contributed by atoms with Crippen molar-refractivity contribution in [2.75, 3.05) is 10.6 Å². The van der Waals surface area contributed by atoms with Crippen LogP contribution >= 0.6 is 0 Å². The molecule has 2 aromatic rings. The largest absolute Gasteiger partial charge is 0.421 e. The predicted molar refractivity (Wildman–Crippen MR) is 112 cm³/mol. The molecule has 0 saturated heterocycles. The number of rotatable bonds is 5. The number of amides is 1. The number of para-hydroxylation sites is 1. The number of anilines is 2. The van der Waals surface area contributed by atoms with E-state index in [1.807, 2.05) is 0 Å². The maximum Gasteiger partial charge on any atom is 0.421 e. The second-order valence-corrected chi connectivity index (χ2v) is 9.05. The summed E-state index contributed by atoms with van der Waals surface area (Å²) in [6.07, 6.45) is -5.47. The average Bonchev–Trinajstić information content (AvgIpc) is 2.89. The standard InChI is InChI=1S/C21H20F3N3O4S/c1-12-6-4-5-7-17(12)27-13(2)18(14(3)28)20(19(27)29,21(22,23)24)26-32(30,31)16-10-8-15(25)9-11-16/h4-11,26H,25H2,1-3H3. The fraction of sp³-hybridized carbons (Fsp3) is 0.238. The Balaban J connectivity index is 2.28. The van der Waals surface area contributed by atoms with Crippen LogP contribution in [-0.4, -0.2) is 31.8 Å². The van der Waals surface area contributed by atoms with E-state index >= 15 is 0 Å². The molecule has 2 aromatic carbocycles. The molecular weight excluding hydrogens is 447 g/mol. The Hall–Kier alpha value is -3.18. The number of aryl methyl sites for hydroxylation is 1. The molecule has 3 rings (SSSR count). The monoisotopic (exact) mass is 467 g/mol. The number of nitrogens with one attached hydrogen (secondary N) is 1.